The lowest BCUT2D eigenvalue weighted by atomic mass is 9.97. The van der Waals surface area contributed by atoms with Gasteiger partial charge < -0.3 is 15.3 Å². The van der Waals surface area contributed by atoms with Crippen molar-refractivity contribution in [3.63, 3.8) is 0 Å². The van der Waals surface area contributed by atoms with Gasteiger partial charge in [-0.2, -0.15) is 11.3 Å². The molecule has 0 spiro atoms. The Balaban J connectivity index is 1.72. The minimum Gasteiger partial charge on any atom is -0.479 e. The molecular weight excluding hydrogens is 484 g/mol. The van der Waals surface area contributed by atoms with Crippen LogP contribution in [0.25, 0.3) is 11.1 Å². The predicted molar refractivity (Wildman–Crippen MR) is 136 cm³/mol. The van der Waals surface area contributed by atoms with E-state index >= 15 is 0 Å². The van der Waals surface area contributed by atoms with E-state index in [4.69, 9.17) is 11.6 Å². The zero-order chi connectivity index (χ0) is 24.5. The summed E-state index contributed by atoms with van der Waals surface area (Å²) in [5, 5.41) is 17.5. The van der Waals surface area contributed by atoms with Crippen LogP contribution in [0, 0.1) is 0 Å². The van der Waals surface area contributed by atoms with Gasteiger partial charge in [0.15, 0.2) is 6.04 Å². The Kier molecular flexibility index (Phi) is 6.11. The highest BCUT2D eigenvalue weighted by Gasteiger charge is 2.43. The van der Waals surface area contributed by atoms with Gasteiger partial charge in [0.05, 0.1) is 11.3 Å². The van der Waals surface area contributed by atoms with Crippen LogP contribution in [0.5, 0.6) is 0 Å². The quantitative estimate of drug-likeness (QED) is 0.349. The normalized spacial score (nSPS) is 16.3. The van der Waals surface area contributed by atoms with Crippen LogP contribution in [-0.4, -0.2) is 27.8 Å². The lowest BCUT2D eigenvalue weighted by molar-refractivity contribution is -0.144. The minimum atomic E-state index is -1.40. The lowest BCUT2D eigenvalue weighted by Gasteiger charge is -2.34. The number of carbonyl (C=O) groups excluding carboxylic acids is 2. The first-order valence-electron chi connectivity index (χ1n) is 10.8. The van der Waals surface area contributed by atoms with Crippen LogP contribution >= 0.6 is 22.9 Å². The first-order valence-corrected chi connectivity index (χ1v) is 12.1. The van der Waals surface area contributed by atoms with Gasteiger partial charge in [0.25, 0.3) is 11.8 Å². The Morgan fingerprint density at radius 3 is 2.37 bits per heavy atom. The topological polar surface area (TPSA) is 86.7 Å². The molecule has 0 bridgehead atoms. The van der Waals surface area contributed by atoms with Crippen LogP contribution in [0.1, 0.15) is 33.6 Å². The molecule has 2 unspecified atom stereocenters. The molecule has 2 heterocycles. The molecule has 3 aromatic carbocycles. The summed E-state index contributed by atoms with van der Waals surface area (Å²) in [6, 6.07) is 19.5. The van der Waals surface area contributed by atoms with E-state index in [-0.39, 0.29) is 5.56 Å². The number of hydrogen-bond donors (Lipinski definition) is 2. The smallest absolute Gasteiger partial charge is 0.331 e. The summed E-state index contributed by atoms with van der Waals surface area (Å²) in [4.78, 5) is 41.4. The van der Waals surface area contributed by atoms with Gasteiger partial charge in [0, 0.05) is 5.02 Å². The highest BCUT2D eigenvalue weighted by atomic mass is 35.5. The number of rotatable bonds is 5. The molecule has 2 N–H and O–H groups in total. The van der Waals surface area contributed by atoms with Crippen LogP contribution in [0.2, 0.25) is 5.02 Å². The fourth-order valence-corrected chi connectivity index (χ4v) is 5.09. The van der Waals surface area contributed by atoms with Crippen molar-refractivity contribution < 1.29 is 19.5 Å². The van der Waals surface area contributed by atoms with Crippen molar-refractivity contribution in [2.24, 2.45) is 0 Å². The number of carbonyl (C=O) groups is 3. The zero-order valence-electron chi connectivity index (χ0n) is 18.2. The van der Waals surface area contributed by atoms with Crippen molar-refractivity contribution in [3.8, 4) is 11.1 Å². The number of halogens is 1. The molecule has 2 amide bonds. The Hall–Kier alpha value is -3.94. The molecule has 6 nitrogen and oxygen atoms in total. The number of hydrogen-bond acceptors (Lipinski definition) is 4. The third kappa shape index (κ3) is 4.32. The summed E-state index contributed by atoms with van der Waals surface area (Å²) in [6.07, 6.45) is 0. The fourth-order valence-electron chi connectivity index (χ4n) is 4.30. The molecule has 0 saturated heterocycles. The van der Waals surface area contributed by atoms with Crippen molar-refractivity contribution in [1.82, 2.24) is 4.90 Å². The summed E-state index contributed by atoms with van der Waals surface area (Å²) in [5.74, 6) is -2.31. The second kappa shape index (κ2) is 9.37. The monoisotopic (exact) mass is 502 g/mol. The molecule has 35 heavy (non-hydrogen) atoms. The summed E-state index contributed by atoms with van der Waals surface area (Å²) < 4.78 is 0. The summed E-state index contributed by atoms with van der Waals surface area (Å²) >= 11 is 7.59. The van der Waals surface area contributed by atoms with Crippen LogP contribution in [0.15, 0.2) is 89.6 Å². The maximum atomic E-state index is 14.1. The van der Waals surface area contributed by atoms with Crippen molar-refractivity contribution >= 4 is 46.4 Å². The summed E-state index contributed by atoms with van der Waals surface area (Å²) in [7, 11) is 0. The fraction of sp³-hybridized carbons (Fsp3) is 0.0741. The molecule has 2 atom stereocenters. The van der Waals surface area contributed by atoms with E-state index in [2.05, 4.69) is 5.32 Å². The van der Waals surface area contributed by atoms with Gasteiger partial charge in [-0.05, 0) is 63.3 Å². The maximum absolute atomic E-state index is 14.1. The van der Waals surface area contributed by atoms with Gasteiger partial charge in [-0.15, -0.1) is 0 Å². The van der Waals surface area contributed by atoms with E-state index < -0.39 is 29.9 Å². The third-order valence-electron chi connectivity index (χ3n) is 5.94. The van der Waals surface area contributed by atoms with Gasteiger partial charge in [-0.3, -0.25) is 9.59 Å². The SMILES string of the molecule is O=C(O)C(c1ccccc1)N1C(=O)c2cc(-c3ccsc3)ccc2NC(=O)C1c1ccc(Cl)cc1. The molecule has 0 fully saturated rings. The van der Waals surface area contributed by atoms with Crippen LogP contribution in [-0.2, 0) is 9.59 Å². The second-order valence-electron chi connectivity index (χ2n) is 8.08. The number of nitrogens with one attached hydrogen (secondary N) is 1. The number of carboxylic acids is 1. The number of amides is 2. The molecule has 1 aliphatic rings. The van der Waals surface area contributed by atoms with Crippen LogP contribution < -0.4 is 5.32 Å². The van der Waals surface area contributed by atoms with Crippen molar-refractivity contribution in [2.75, 3.05) is 5.32 Å². The molecule has 0 radical (unpaired) electrons. The Morgan fingerprint density at radius 1 is 0.971 bits per heavy atom. The van der Waals surface area contributed by atoms with Gasteiger partial charge in [0.2, 0.25) is 0 Å². The van der Waals surface area contributed by atoms with Crippen LogP contribution in [0.3, 0.4) is 0 Å². The molecule has 4 aromatic rings. The van der Waals surface area contributed by atoms with Gasteiger partial charge in [-0.1, -0.05) is 60.1 Å². The van der Waals surface area contributed by atoms with Crippen molar-refractivity contribution in [2.45, 2.75) is 12.1 Å². The Labute approximate surface area is 210 Å². The average molecular weight is 503 g/mol. The zero-order valence-corrected chi connectivity index (χ0v) is 19.8. The Bertz CT molecular complexity index is 1410. The van der Waals surface area contributed by atoms with E-state index in [1.54, 1.807) is 66.7 Å². The second-order valence-corrected chi connectivity index (χ2v) is 9.30. The first kappa shape index (κ1) is 22.8. The average Bonchev–Trinajstić information content (AvgIpc) is 3.37. The molecule has 1 aromatic heterocycles. The lowest BCUT2D eigenvalue weighted by Crippen LogP contribution is -2.44. The standard InChI is InChI=1S/C27H19ClN2O4S/c28-20-9-6-17(7-10-20)23-25(31)29-22-11-8-18(19-12-13-35-15-19)14-21(22)26(32)30(23)24(27(33)34)16-4-2-1-3-5-16/h1-15,23-24H,(H,29,31)(H,33,34). The number of anilines is 1. The summed E-state index contributed by atoms with van der Waals surface area (Å²) in [5.41, 5.74) is 3.12. The van der Waals surface area contributed by atoms with Gasteiger partial charge in [0.1, 0.15) is 6.04 Å². The molecule has 0 aliphatic carbocycles. The molecular formula is C27H19ClN2O4S. The number of fused-ring (bicyclic) bond motifs is 1. The number of nitrogens with zero attached hydrogens (tertiary/aromatic N) is 1. The largest absolute Gasteiger partial charge is 0.479 e. The predicted octanol–water partition coefficient (Wildman–Crippen LogP) is 6.03. The van der Waals surface area contributed by atoms with E-state index in [0.717, 1.165) is 16.0 Å². The first-order chi connectivity index (χ1) is 16.9. The minimum absolute atomic E-state index is 0.223. The van der Waals surface area contributed by atoms with Crippen molar-refractivity contribution in [3.05, 3.63) is 111 Å². The van der Waals surface area contributed by atoms with E-state index in [1.165, 1.54) is 11.3 Å². The highest BCUT2D eigenvalue weighted by molar-refractivity contribution is 7.08. The summed E-state index contributed by atoms with van der Waals surface area (Å²) in [6.45, 7) is 0. The molecule has 5 rings (SSSR count). The third-order valence-corrected chi connectivity index (χ3v) is 6.87. The number of aliphatic carboxylic acids is 1. The van der Waals surface area contributed by atoms with Crippen LogP contribution in [0.4, 0.5) is 5.69 Å². The molecule has 1 aliphatic heterocycles. The maximum Gasteiger partial charge on any atom is 0.331 e. The van der Waals surface area contributed by atoms with Gasteiger partial charge >= 0.3 is 5.97 Å². The van der Waals surface area contributed by atoms with E-state index in [9.17, 15) is 19.5 Å². The van der Waals surface area contributed by atoms with Gasteiger partial charge in [-0.25, -0.2) is 4.79 Å². The van der Waals surface area contributed by atoms with Crippen molar-refractivity contribution in [1.29, 1.82) is 0 Å². The Morgan fingerprint density at radius 2 is 1.71 bits per heavy atom. The molecule has 8 heteroatoms. The number of benzene rings is 3. The molecule has 0 saturated carbocycles. The number of carboxylic acid groups (broad SMARTS) is 1. The van der Waals surface area contributed by atoms with E-state index in [1.807, 2.05) is 22.9 Å². The van der Waals surface area contributed by atoms with E-state index in [0.29, 0.717) is 21.8 Å². The molecule has 174 valence electrons. The highest BCUT2D eigenvalue weighted by Crippen LogP contribution is 2.39. The number of thiophene rings is 1.